The molecule has 0 spiro atoms. The second-order valence-electron chi connectivity index (χ2n) is 5.53. The number of benzene rings is 1. The highest BCUT2D eigenvalue weighted by molar-refractivity contribution is 5.76. The number of hydrogen-bond donors (Lipinski definition) is 2. The van der Waals surface area contributed by atoms with Crippen LogP contribution in [0.5, 0.6) is 5.75 Å². The summed E-state index contributed by atoms with van der Waals surface area (Å²) in [7, 11) is 0. The summed E-state index contributed by atoms with van der Waals surface area (Å²) >= 11 is 0. The van der Waals surface area contributed by atoms with E-state index in [-0.39, 0.29) is 11.9 Å². The summed E-state index contributed by atoms with van der Waals surface area (Å²) in [4.78, 5) is 12.1. The molecule has 1 unspecified atom stereocenters. The van der Waals surface area contributed by atoms with Crippen LogP contribution >= 0.6 is 0 Å². The quantitative estimate of drug-likeness (QED) is 0.904. The summed E-state index contributed by atoms with van der Waals surface area (Å²) < 4.78 is 1.78. The summed E-state index contributed by atoms with van der Waals surface area (Å²) in [6.07, 6.45) is 5.78. The lowest BCUT2D eigenvalue weighted by molar-refractivity contribution is -0.122. The molecule has 1 aliphatic carbocycles. The number of amides is 1. The SMILES string of the molecule is Cc1cnn(CCC(=O)NC2CCc3c(O)cccc32)c1. The smallest absolute Gasteiger partial charge is 0.222 e. The minimum atomic E-state index is 0.0129. The summed E-state index contributed by atoms with van der Waals surface area (Å²) in [5.41, 5.74) is 3.10. The number of nitrogens with zero attached hydrogens (tertiary/aromatic N) is 2. The largest absolute Gasteiger partial charge is 0.508 e. The molecule has 1 heterocycles. The zero-order valence-corrected chi connectivity index (χ0v) is 12.0. The lowest BCUT2D eigenvalue weighted by atomic mass is 10.1. The number of nitrogens with one attached hydrogen (secondary N) is 1. The molecule has 2 aromatic rings. The number of carbonyl (C=O) groups excluding carboxylic acids is 1. The van der Waals surface area contributed by atoms with Crippen LogP contribution in [-0.4, -0.2) is 20.8 Å². The second kappa shape index (κ2) is 5.60. The number of aryl methyl sites for hydroxylation is 2. The van der Waals surface area contributed by atoms with Crippen LogP contribution in [0.2, 0.25) is 0 Å². The van der Waals surface area contributed by atoms with Gasteiger partial charge < -0.3 is 10.4 Å². The topological polar surface area (TPSA) is 67.2 Å². The van der Waals surface area contributed by atoms with Gasteiger partial charge in [-0.05, 0) is 42.5 Å². The molecule has 5 nitrogen and oxygen atoms in total. The molecule has 0 aliphatic heterocycles. The van der Waals surface area contributed by atoms with E-state index in [1.165, 1.54) is 0 Å². The second-order valence-corrected chi connectivity index (χ2v) is 5.53. The lowest BCUT2D eigenvalue weighted by Crippen LogP contribution is -2.28. The maximum Gasteiger partial charge on any atom is 0.222 e. The number of rotatable bonds is 4. The Balaban J connectivity index is 1.58. The van der Waals surface area contributed by atoms with E-state index >= 15 is 0 Å². The van der Waals surface area contributed by atoms with Crippen molar-refractivity contribution in [2.24, 2.45) is 0 Å². The first-order valence-corrected chi connectivity index (χ1v) is 7.22. The van der Waals surface area contributed by atoms with Gasteiger partial charge in [-0.3, -0.25) is 9.48 Å². The van der Waals surface area contributed by atoms with Crippen LogP contribution in [0.15, 0.2) is 30.6 Å². The van der Waals surface area contributed by atoms with Gasteiger partial charge in [0.05, 0.1) is 12.2 Å². The van der Waals surface area contributed by atoms with E-state index in [4.69, 9.17) is 0 Å². The van der Waals surface area contributed by atoms with Gasteiger partial charge in [-0.25, -0.2) is 0 Å². The monoisotopic (exact) mass is 285 g/mol. The first kappa shape index (κ1) is 13.7. The Bertz CT molecular complexity index is 663. The average molecular weight is 285 g/mol. The summed E-state index contributed by atoms with van der Waals surface area (Å²) in [5, 5.41) is 17.0. The van der Waals surface area contributed by atoms with Crippen molar-refractivity contribution in [1.29, 1.82) is 0 Å². The molecule has 0 fully saturated rings. The molecule has 1 atom stereocenters. The van der Waals surface area contributed by atoms with E-state index < -0.39 is 0 Å². The van der Waals surface area contributed by atoms with Crippen molar-refractivity contribution in [3.05, 3.63) is 47.3 Å². The summed E-state index contributed by atoms with van der Waals surface area (Å²) in [6, 6.07) is 5.51. The zero-order valence-electron chi connectivity index (χ0n) is 12.0. The fraction of sp³-hybridized carbons (Fsp3) is 0.375. The molecular weight excluding hydrogens is 266 g/mol. The van der Waals surface area contributed by atoms with Gasteiger partial charge in [-0.1, -0.05) is 12.1 Å². The number of aromatic nitrogens is 2. The highest BCUT2D eigenvalue weighted by atomic mass is 16.3. The maximum atomic E-state index is 12.1. The highest BCUT2D eigenvalue weighted by Gasteiger charge is 2.25. The molecule has 3 rings (SSSR count). The maximum absolute atomic E-state index is 12.1. The Morgan fingerprint density at radius 3 is 3.14 bits per heavy atom. The van der Waals surface area contributed by atoms with Crippen molar-refractivity contribution in [3.63, 3.8) is 0 Å². The number of fused-ring (bicyclic) bond motifs is 1. The van der Waals surface area contributed by atoms with Crippen LogP contribution < -0.4 is 5.32 Å². The van der Waals surface area contributed by atoms with E-state index in [2.05, 4.69) is 10.4 Å². The average Bonchev–Trinajstić information content (AvgIpc) is 3.05. The first-order valence-electron chi connectivity index (χ1n) is 7.22. The van der Waals surface area contributed by atoms with Crippen LogP contribution in [0.3, 0.4) is 0 Å². The Morgan fingerprint density at radius 2 is 2.38 bits per heavy atom. The molecule has 0 saturated heterocycles. The Labute approximate surface area is 123 Å². The van der Waals surface area contributed by atoms with Crippen molar-refractivity contribution in [3.8, 4) is 5.75 Å². The van der Waals surface area contributed by atoms with E-state index in [0.717, 1.165) is 29.5 Å². The number of carbonyl (C=O) groups is 1. The third-order valence-electron chi connectivity index (χ3n) is 3.91. The third-order valence-corrected chi connectivity index (χ3v) is 3.91. The van der Waals surface area contributed by atoms with Crippen LogP contribution in [0, 0.1) is 6.92 Å². The molecule has 2 N–H and O–H groups in total. The third kappa shape index (κ3) is 2.91. The van der Waals surface area contributed by atoms with Crippen LogP contribution in [-0.2, 0) is 17.8 Å². The van der Waals surface area contributed by atoms with Gasteiger partial charge in [0.15, 0.2) is 0 Å². The molecule has 21 heavy (non-hydrogen) atoms. The van der Waals surface area contributed by atoms with Crippen LogP contribution in [0.1, 0.15) is 35.6 Å². The van der Waals surface area contributed by atoms with Gasteiger partial charge in [-0.15, -0.1) is 0 Å². The Kier molecular flexibility index (Phi) is 3.64. The van der Waals surface area contributed by atoms with Crippen molar-refractivity contribution in [1.82, 2.24) is 15.1 Å². The number of aromatic hydroxyl groups is 1. The zero-order chi connectivity index (χ0) is 14.8. The minimum absolute atomic E-state index is 0.0129. The molecule has 0 bridgehead atoms. The molecule has 0 saturated carbocycles. The number of phenols is 1. The van der Waals surface area contributed by atoms with E-state index in [9.17, 15) is 9.90 Å². The van der Waals surface area contributed by atoms with Gasteiger partial charge in [0.25, 0.3) is 0 Å². The van der Waals surface area contributed by atoms with Crippen LogP contribution in [0.4, 0.5) is 0 Å². The first-order chi connectivity index (χ1) is 10.1. The molecule has 1 aliphatic rings. The van der Waals surface area contributed by atoms with E-state index in [1.807, 2.05) is 25.3 Å². The molecule has 0 radical (unpaired) electrons. The van der Waals surface area contributed by atoms with E-state index in [0.29, 0.717) is 18.7 Å². The van der Waals surface area contributed by atoms with Crippen molar-refractivity contribution in [2.75, 3.05) is 0 Å². The number of hydrogen-bond acceptors (Lipinski definition) is 3. The van der Waals surface area contributed by atoms with Crippen molar-refractivity contribution < 1.29 is 9.90 Å². The molecule has 1 aromatic heterocycles. The van der Waals surface area contributed by atoms with Crippen molar-refractivity contribution in [2.45, 2.75) is 38.8 Å². The summed E-state index contributed by atoms with van der Waals surface area (Å²) in [6.45, 7) is 2.56. The molecular formula is C16H19N3O2. The lowest BCUT2D eigenvalue weighted by Gasteiger charge is -2.14. The van der Waals surface area contributed by atoms with Gasteiger partial charge in [-0.2, -0.15) is 5.10 Å². The normalized spacial score (nSPS) is 16.7. The van der Waals surface area contributed by atoms with Crippen LogP contribution in [0.25, 0.3) is 0 Å². The Morgan fingerprint density at radius 1 is 1.52 bits per heavy atom. The van der Waals surface area contributed by atoms with Crippen molar-refractivity contribution >= 4 is 5.91 Å². The Hall–Kier alpha value is -2.30. The molecule has 110 valence electrons. The minimum Gasteiger partial charge on any atom is -0.508 e. The number of phenolic OH excluding ortho intramolecular Hbond substituents is 1. The van der Waals surface area contributed by atoms with E-state index in [1.54, 1.807) is 16.9 Å². The fourth-order valence-electron chi connectivity index (χ4n) is 2.86. The van der Waals surface area contributed by atoms with Gasteiger partial charge in [0.1, 0.15) is 5.75 Å². The predicted molar refractivity (Wildman–Crippen MR) is 78.9 cm³/mol. The summed E-state index contributed by atoms with van der Waals surface area (Å²) in [5.74, 6) is 0.348. The fourth-order valence-corrected chi connectivity index (χ4v) is 2.86. The highest BCUT2D eigenvalue weighted by Crippen LogP contribution is 2.36. The van der Waals surface area contributed by atoms with Gasteiger partial charge in [0, 0.05) is 19.2 Å². The molecule has 1 aromatic carbocycles. The molecule has 5 heteroatoms. The van der Waals surface area contributed by atoms with Gasteiger partial charge in [0.2, 0.25) is 5.91 Å². The molecule has 1 amide bonds. The predicted octanol–water partition coefficient (Wildman–Crippen LogP) is 2.09. The standard InChI is InChI=1S/C16H19N3O2/c1-11-9-17-19(10-11)8-7-16(21)18-14-6-5-13-12(14)3-2-4-15(13)20/h2-4,9-10,14,20H,5-8H2,1H3,(H,18,21). The van der Waals surface area contributed by atoms with Gasteiger partial charge >= 0.3 is 0 Å².